The monoisotopic (exact) mass is 117 g/mol. The fourth-order valence-electron chi connectivity index (χ4n) is 0.0680. The molecule has 0 rings (SSSR count). The van der Waals surface area contributed by atoms with E-state index in [2.05, 4.69) is 4.74 Å². The lowest BCUT2D eigenvalue weighted by atomic mass is 10.9. The lowest BCUT2D eigenvalue weighted by Crippen LogP contribution is -1.80. The van der Waals surface area contributed by atoms with E-state index in [0.29, 0.717) is 13.1 Å². The van der Waals surface area contributed by atoms with Crippen LogP contribution in [0.2, 0.25) is 0 Å². The van der Waals surface area contributed by atoms with Crippen LogP contribution in [-0.2, 0) is 14.3 Å². The quantitative estimate of drug-likeness (QED) is 0.316. The lowest BCUT2D eigenvalue weighted by molar-refractivity contribution is -0.128. The highest BCUT2D eigenvalue weighted by molar-refractivity contribution is 5.36. The predicted octanol–water partition coefficient (Wildman–Crippen LogP) is 0.0803. The van der Waals surface area contributed by atoms with Gasteiger partial charge in [0.25, 0.3) is 6.47 Å². The van der Waals surface area contributed by atoms with Crippen molar-refractivity contribution in [1.29, 1.82) is 5.41 Å². The van der Waals surface area contributed by atoms with Gasteiger partial charge in [0.05, 0.1) is 6.61 Å². The fourth-order valence-corrected chi connectivity index (χ4v) is 0.0680. The Bertz CT molecular complexity index is 75.4. The highest BCUT2D eigenvalue weighted by Gasteiger charge is 1.60. The van der Waals surface area contributed by atoms with Crippen molar-refractivity contribution >= 4 is 12.6 Å². The zero-order valence-corrected chi connectivity index (χ0v) is 4.51. The molecule has 0 aliphatic heterocycles. The second kappa shape index (κ2) is 16.9. The largest absolute Gasteiger partial charge is 0.468 e. The van der Waals surface area contributed by atoms with Gasteiger partial charge in [0.1, 0.15) is 0 Å². The first-order valence-corrected chi connectivity index (χ1v) is 1.92. The molecule has 46 valence electrons. The molecule has 0 aliphatic rings. The number of hydrogen-bond acceptors (Lipinski definition) is 4. The van der Waals surface area contributed by atoms with Crippen molar-refractivity contribution in [3.8, 4) is 0 Å². The van der Waals surface area contributed by atoms with E-state index in [0.717, 1.165) is 6.08 Å². The molecule has 0 amide bonds. The molecule has 0 aromatic heterocycles. The average molecular weight is 117 g/mol. The highest BCUT2D eigenvalue weighted by atomic mass is 16.5. The Labute approximate surface area is 47.0 Å². The lowest BCUT2D eigenvalue weighted by Gasteiger charge is -1.79. The molecule has 0 atom stereocenters. The minimum atomic E-state index is 0.431. The van der Waals surface area contributed by atoms with Gasteiger partial charge < -0.3 is 4.74 Å². The second-order valence-electron chi connectivity index (χ2n) is 0.654. The predicted molar refractivity (Wildman–Crippen MR) is 26.1 cm³/mol. The van der Waals surface area contributed by atoms with Gasteiger partial charge in [-0.3, -0.25) is 4.79 Å². The Morgan fingerprint density at radius 2 is 2.25 bits per heavy atom. The normalized spacial score (nSPS) is 5.12. The van der Waals surface area contributed by atoms with Crippen LogP contribution in [0.25, 0.3) is 0 Å². The van der Waals surface area contributed by atoms with Gasteiger partial charge in [0.15, 0.2) is 0 Å². The number of nitrogens with one attached hydrogen (secondary N) is 1. The molecule has 0 aromatic rings. The molecule has 0 heterocycles. The van der Waals surface area contributed by atoms with Crippen LogP contribution in [-0.4, -0.2) is 19.2 Å². The number of ether oxygens (including phenoxy) is 1. The van der Waals surface area contributed by atoms with E-state index in [1.165, 1.54) is 0 Å². The molecule has 0 bridgehead atoms. The van der Waals surface area contributed by atoms with Crippen LogP contribution in [0, 0.1) is 5.41 Å². The maximum atomic E-state index is 9.18. The van der Waals surface area contributed by atoms with E-state index in [4.69, 9.17) is 10.2 Å². The molecular weight excluding hydrogens is 110 g/mol. The van der Waals surface area contributed by atoms with Crippen molar-refractivity contribution in [2.24, 2.45) is 0 Å². The summed E-state index contributed by atoms with van der Waals surface area (Å²) in [7, 11) is 0. The van der Waals surface area contributed by atoms with Gasteiger partial charge in [-0.15, -0.1) is 0 Å². The molecule has 1 N–H and O–H groups in total. The molecular formula is C4H7NO3. The van der Waals surface area contributed by atoms with Crippen molar-refractivity contribution in [1.82, 2.24) is 0 Å². The topological polar surface area (TPSA) is 67.2 Å². The second-order valence-corrected chi connectivity index (χ2v) is 0.654. The summed E-state index contributed by atoms with van der Waals surface area (Å²) in [5.74, 6) is 0. The maximum Gasteiger partial charge on any atom is 0.293 e. The summed E-state index contributed by atoms with van der Waals surface area (Å²) in [4.78, 5) is 17.5. The van der Waals surface area contributed by atoms with Gasteiger partial charge in [0, 0.05) is 0 Å². The summed E-state index contributed by atoms with van der Waals surface area (Å²) < 4.78 is 4.15. The molecule has 0 radical (unpaired) electrons. The third kappa shape index (κ3) is 99.5. The van der Waals surface area contributed by atoms with E-state index in [1.807, 2.05) is 0 Å². The molecule has 0 saturated heterocycles. The molecule has 0 aliphatic carbocycles. The van der Waals surface area contributed by atoms with Gasteiger partial charge >= 0.3 is 0 Å². The zero-order chi connectivity index (χ0) is 6.83. The molecule has 0 fully saturated rings. The van der Waals surface area contributed by atoms with Crippen molar-refractivity contribution in [2.75, 3.05) is 6.61 Å². The van der Waals surface area contributed by atoms with Crippen LogP contribution in [0.1, 0.15) is 6.92 Å². The first kappa shape index (κ1) is 9.97. The smallest absolute Gasteiger partial charge is 0.293 e. The third-order valence-corrected chi connectivity index (χ3v) is 0.235. The van der Waals surface area contributed by atoms with E-state index in [9.17, 15) is 4.79 Å². The first-order valence-electron chi connectivity index (χ1n) is 1.92. The number of rotatable bonds is 2. The van der Waals surface area contributed by atoms with E-state index >= 15 is 0 Å². The number of carbonyl (C=O) groups is 1. The van der Waals surface area contributed by atoms with Crippen LogP contribution < -0.4 is 0 Å². The minimum Gasteiger partial charge on any atom is -0.468 e. The van der Waals surface area contributed by atoms with Crippen molar-refractivity contribution in [2.45, 2.75) is 6.92 Å². The van der Waals surface area contributed by atoms with E-state index < -0.39 is 0 Å². The van der Waals surface area contributed by atoms with Gasteiger partial charge in [-0.05, 0) is 6.92 Å². The van der Waals surface area contributed by atoms with Crippen LogP contribution >= 0.6 is 0 Å². The van der Waals surface area contributed by atoms with Crippen molar-refractivity contribution in [3.63, 3.8) is 0 Å². The molecule has 8 heavy (non-hydrogen) atoms. The third-order valence-electron chi connectivity index (χ3n) is 0.235. The molecule has 0 unspecified atom stereocenters. The minimum absolute atomic E-state index is 0.431. The van der Waals surface area contributed by atoms with Crippen LogP contribution in [0.15, 0.2) is 0 Å². The Morgan fingerprint density at radius 3 is 2.25 bits per heavy atom. The van der Waals surface area contributed by atoms with Crippen LogP contribution in [0.5, 0.6) is 0 Å². The Kier molecular flexibility index (Phi) is 21.1. The Balaban J connectivity index is 0. The van der Waals surface area contributed by atoms with Crippen LogP contribution in [0.4, 0.5) is 0 Å². The highest BCUT2D eigenvalue weighted by Crippen LogP contribution is 1.55. The first-order chi connectivity index (χ1) is 3.83. The molecule has 0 saturated carbocycles. The van der Waals surface area contributed by atoms with E-state index in [-0.39, 0.29) is 0 Å². The Morgan fingerprint density at radius 1 is 1.88 bits per heavy atom. The van der Waals surface area contributed by atoms with Gasteiger partial charge in [0.2, 0.25) is 6.08 Å². The number of isocyanates is 1. The molecule has 4 heteroatoms. The summed E-state index contributed by atoms with van der Waals surface area (Å²) in [5, 5.41) is 5.40. The van der Waals surface area contributed by atoms with Gasteiger partial charge in [-0.25, -0.2) is 10.2 Å². The molecule has 0 spiro atoms. The van der Waals surface area contributed by atoms with E-state index in [1.54, 1.807) is 6.92 Å². The van der Waals surface area contributed by atoms with Crippen molar-refractivity contribution in [3.05, 3.63) is 0 Å². The molecule has 4 nitrogen and oxygen atoms in total. The zero-order valence-electron chi connectivity index (χ0n) is 4.51. The van der Waals surface area contributed by atoms with Crippen molar-refractivity contribution < 1.29 is 14.3 Å². The number of carbonyl (C=O) groups excluding carboxylic acids is 2. The summed E-state index contributed by atoms with van der Waals surface area (Å²) >= 11 is 0. The van der Waals surface area contributed by atoms with Crippen LogP contribution in [0.3, 0.4) is 0 Å². The summed E-state index contributed by atoms with van der Waals surface area (Å²) in [6.45, 7) is 2.66. The summed E-state index contributed by atoms with van der Waals surface area (Å²) in [6, 6.07) is 0. The maximum absolute atomic E-state index is 9.18. The van der Waals surface area contributed by atoms with Gasteiger partial charge in [-0.2, -0.15) is 0 Å². The SMILES string of the molecule is CCOC=O.N=C=O. The summed E-state index contributed by atoms with van der Waals surface area (Å²) in [5.41, 5.74) is 0. The summed E-state index contributed by atoms with van der Waals surface area (Å²) in [6.07, 6.45) is 0.750. The average Bonchev–Trinajstić information content (AvgIpc) is 1.71. The fraction of sp³-hybridized carbons (Fsp3) is 0.500. The number of hydrogen-bond donors (Lipinski definition) is 1. The standard InChI is InChI=1S/C3H6O2.CHNO/c1-2-5-3-4;2-1-3/h3H,2H2,1H3;2H. The molecule has 0 aromatic carbocycles. The van der Waals surface area contributed by atoms with Gasteiger partial charge in [-0.1, -0.05) is 0 Å². The Hall–Kier alpha value is -1.15.